The van der Waals surface area contributed by atoms with Crippen LogP contribution >= 0.6 is 0 Å². The first-order chi connectivity index (χ1) is 24.3. The van der Waals surface area contributed by atoms with Crippen molar-refractivity contribution in [3.8, 4) is 11.3 Å². The van der Waals surface area contributed by atoms with Crippen LogP contribution in [0.15, 0.2) is 58.7 Å². The molecule has 0 spiro atoms. The molecular weight excluding hydrogens is 831 g/mol. The number of hydrogen-bond donors (Lipinski definition) is 1. The largest absolute Gasteiger partial charge is 0.512 e. The predicted octanol–water partition coefficient (Wildman–Crippen LogP) is 13.6. The molecule has 3 aromatic carbocycles. The zero-order valence-corrected chi connectivity index (χ0v) is 37.0. The van der Waals surface area contributed by atoms with Crippen molar-refractivity contribution in [1.82, 2.24) is 4.98 Å². The maximum Gasteiger partial charge on any atom is 0.162 e. The number of aryl methyl sites for hydroxylation is 1. The molecule has 5 aromatic rings. The Morgan fingerprint density at radius 1 is 0.830 bits per heavy atom. The van der Waals surface area contributed by atoms with E-state index < -0.39 is 0 Å². The van der Waals surface area contributed by atoms with Crippen LogP contribution in [0, 0.1) is 35.7 Å². The quantitative estimate of drug-likeness (QED) is 0.0910. The van der Waals surface area contributed by atoms with Crippen LogP contribution in [0.5, 0.6) is 0 Å². The van der Waals surface area contributed by atoms with E-state index in [1.54, 1.807) is 0 Å². The third-order valence-electron chi connectivity index (χ3n) is 10.9. The molecule has 287 valence electrons. The fraction of sp³-hybridized carbons (Fsp3) is 0.500. The maximum atomic E-state index is 11.7. The van der Waals surface area contributed by atoms with Gasteiger partial charge in [0.15, 0.2) is 5.78 Å². The molecule has 0 bridgehead atoms. The Bertz CT molecular complexity index is 2130. The molecule has 2 heterocycles. The van der Waals surface area contributed by atoms with E-state index in [1.165, 1.54) is 50.1 Å². The van der Waals surface area contributed by atoms with E-state index in [1.807, 2.05) is 27.7 Å². The number of benzene rings is 3. The number of nitrogens with zero attached hydrogens (tertiary/aromatic N) is 1. The molecule has 0 unspecified atom stereocenters. The van der Waals surface area contributed by atoms with Crippen LogP contribution in [0.25, 0.3) is 44.1 Å². The van der Waals surface area contributed by atoms with Crippen molar-refractivity contribution in [1.29, 1.82) is 0 Å². The topological polar surface area (TPSA) is 63.3 Å². The van der Waals surface area contributed by atoms with Crippen LogP contribution < -0.4 is 0 Å². The molecule has 1 radical (unpaired) electrons. The Hall–Kier alpha value is -3.27. The number of rotatable bonds is 9. The second kappa shape index (κ2) is 16.2. The van der Waals surface area contributed by atoms with Gasteiger partial charge in [-0.05, 0) is 89.6 Å². The van der Waals surface area contributed by atoms with Crippen LogP contribution in [0.3, 0.4) is 0 Å². The number of aliphatic hydroxyl groups excluding tert-OH is 1. The van der Waals surface area contributed by atoms with E-state index in [9.17, 15) is 9.90 Å². The van der Waals surface area contributed by atoms with Crippen LogP contribution in [0.2, 0.25) is 0 Å². The standard InChI is InChI=1S/C35H38NO.C13H24O2.Ir/c1-20-10-15-27-23(16-20)17-26-30(36-27)24-13-11-21(18-33(2,3)4)31-28(24)29-25(35(26,8)9)14-12-22(32(29)37-31)19-34(5,6)7;1-5-10(6-2)12(14)9-13(15)11(7-3)8-4;/h10-12,14-17H,18-19H2,1-9H3;9-11,14H,5-8H2,1-4H3;/q-1;;/b;12-9-;. The Balaban J connectivity index is 0.000000335. The average Bonchev–Trinajstić information content (AvgIpc) is 3.43. The number of hydrogen-bond acceptors (Lipinski definition) is 4. The summed E-state index contributed by atoms with van der Waals surface area (Å²) in [5.74, 6) is 0.547. The Labute approximate surface area is 332 Å². The number of ketones is 1. The normalized spacial score (nSPS) is 14.1. The van der Waals surface area contributed by atoms with Crippen molar-refractivity contribution in [3.05, 3.63) is 88.2 Å². The molecule has 0 saturated carbocycles. The van der Waals surface area contributed by atoms with Gasteiger partial charge in [0.05, 0.1) is 16.9 Å². The second-order valence-corrected chi connectivity index (χ2v) is 18.2. The van der Waals surface area contributed by atoms with E-state index in [2.05, 4.69) is 111 Å². The van der Waals surface area contributed by atoms with E-state index in [0.29, 0.717) is 0 Å². The summed E-state index contributed by atoms with van der Waals surface area (Å²) in [6.45, 7) is 28.7. The van der Waals surface area contributed by atoms with Crippen molar-refractivity contribution in [2.24, 2.45) is 22.7 Å². The van der Waals surface area contributed by atoms with Gasteiger partial charge in [0.2, 0.25) is 0 Å². The molecule has 0 saturated heterocycles. The van der Waals surface area contributed by atoms with Gasteiger partial charge in [-0.2, -0.15) is 0 Å². The Morgan fingerprint density at radius 3 is 2.00 bits per heavy atom. The second-order valence-electron chi connectivity index (χ2n) is 18.2. The van der Waals surface area contributed by atoms with Crippen molar-refractivity contribution >= 4 is 38.6 Å². The van der Waals surface area contributed by atoms with E-state index >= 15 is 0 Å². The monoisotopic (exact) mass is 893 g/mol. The number of fused-ring (bicyclic) bond motifs is 3. The van der Waals surface area contributed by atoms with Crippen LogP contribution in [-0.4, -0.2) is 15.9 Å². The summed E-state index contributed by atoms with van der Waals surface area (Å²) in [5.41, 5.74) is 11.6. The van der Waals surface area contributed by atoms with Gasteiger partial charge < -0.3 is 9.52 Å². The molecule has 5 heteroatoms. The predicted molar refractivity (Wildman–Crippen MR) is 220 cm³/mol. The molecule has 2 aromatic heterocycles. The van der Waals surface area contributed by atoms with Gasteiger partial charge in [0.1, 0.15) is 5.58 Å². The van der Waals surface area contributed by atoms with E-state index in [0.717, 1.165) is 66.5 Å². The fourth-order valence-corrected chi connectivity index (χ4v) is 8.03. The molecule has 1 N–H and O–H groups in total. The summed E-state index contributed by atoms with van der Waals surface area (Å²) < 4.78 is 6.93. The summed E-state index contributed by atoms with van der Waals surface area (Å²) in [6, 6.07) is 19.5. The molecule has 1 aliphatic carbocycles. The smallest absolute Gasteiger partial charge is 0.162 e. The van der Waals surface area contributed by atoms with Gasteiger partial charge in [0.25, 0.3) is 0 Å². The van der Waals surface area contributed by atoms with E-state index in [4.69, 9.17) is 9.40 Å². The third kappa shape index (κ3) is 8.84. The minimum Gasteiger partial charge on any atom is -0.512 e. The van der Waals surface area contributed by atoms with Crippen molar-refractivity contribution in [2.45, 2.75) is 134 Å². The minimum atomic E-state index is -0.243. The van der Waals surface area contributed by atoms with Crippen molar-refractivity contribution < 1.29 is 34.4 Å². The summed E-state index contributed by atoms with van der Waals surface area (Å²) >= 11 is 0. The average molecular weight is 893 g/mol. The summed E-state index contributed by atoms with van der Waals surface area (Å²) in [5, 5.41) is 13.4. The van der Waals surface area contributed by atoms with Crippen LogP contribution in [0.1, 0.15) is 137 Å². The Kier molecular flexibility index (Phi) is 13.0. The maximum absolute atomic E-state index is 11.7. The van der Waals surface area contributed by atoms with Crippen molar-refractivity contribution in [2.75, 3.05) is 0 Å². The van der Waals surface area contributed by atoms with Gasteiger partial charge in [-0.25, -0.2) is 0 Å². The molecule has 1 aliphatic rings. The molecule has 0 atom stereocenters. The molecule has 6 rings (SSSR count). The molecule has 53 heavy (non-hydrogen) atoms. The molecule has 0 aliphatic heterocycles. The van der Waals surface area contributed by atoms with Crippen LogP contribution in [0.4, 0.5) is 0 Å². The number of aliphatic hydroxyl groups is 1. The third-order valence-corrected chi connectivity index (χ3v) is 10.9. The summed E-state index contributed by atoms with van der Waals surface area (Å²) in [4.78, 5) is 17.0. The van der Waals surface area contributed by atoms with Crippen molar-refractivity contribution in [3.63, 3.8) is 0 Å². The number of furan rings is 1. The molecule has 0 fully saturated rings. The number of carbonyl (C=O) groups is 1. The van der Waals surface area contributed by atoms with Gasteiger partial charge in [-0.15, -0.1) is 17.7 Å². The first-order valence-corrected chi connectivity index (χ1v) is 19.6. The van der Waals surface area contributed by atoms with Crippen LogP contribution in [-0.2, 0) is 43.2 Å². The van der Waals surface area contributed by atoms with Gasteiger partial charge in [0, 0.05) is 43.4 Å². The molecule has 4 nitrogen and oxygen atoms in total. The number of aromatic nitrogens is 1. The van der Waals surface area contributed by atoms with Gasteiger partial charge in [-0.3, -0.25) is 9.78 Å². The summed E-state index contributed by atoms with van der Waals surface area (Å²) in [7, 11) is 0. The summed E-state index contributed by atoms with van der Waals surface area (Å²) in [6.07, 6.45) is 6.81. The fourth-order valence-electron chi connectivity index (χ4n) is 8.03. The number of allylic oxidation sites excluding steroid dienone is 2. The first kappa shape index (κ1) is 42.5. The first-order valence-electron chi connectivity index (χ1n) is 19.6. The zero-order valence-electron chi connectivity index (χ0n) is 34.6. The Morgan fingerprint density at radius 2 is 1.42 bits per heavy atom. The van der Waals surface area contributed by atoms with E-state index in [-0.39, 0.29) is 59.7 Å². The number of carbonyl (C=O) groups excluding carboxylic acids is 1. The van der Waals surface area contributed by atoms with Gasteiger partial charge in [-0.1, -0.05) is 136 Å². The van der Waals surface area contributed by atoms with Gasteiger partial charge >= 0.3 is 0 Å². The molecular formula is C48H62IrNO3-. The molecule has 0 amide bonds. The number of pyridine rings is 1. The minimum absolute atomic E-state index is 0. The SMILES string of the molecule is CCC(CC)C(=O)/C=C(\O)C(CC)CC.Cc1ccc2nc3c(cc2c1)C(C)(C)c1ccc(CC(C)(C)C)c2oc4c(CC(C)(C)C)c[c-]c-3c4c12.[Ir]. The zero-order chi connectivity index (χ0) is 38.3.